The third-order valence-corrected chi connectivity index (χ3v) is 15.6. The number of hydrogen-bond donors (Lipinski definition) is 20. The van der Waals surface area contributed by atoms with Crippen molar-refractivity contribution in [2.75, 3.05) is 45.0 Å². The van der Waals surface area contributed by atoms with Gasteiger partial charge in [0, 0.05) is 43.1 Å². The van der Waals surface area contributed by atoms with Crippen LogP contribution in [0.1, 0.15) is 96.6 Å². The summed E-state index contributed by atoms with van der Waals surface area (Å²) in [5.41, 5.74) is 46.3. The van der Waals surface area contributed by atoms with Crippen LogP contribution in [0.15, 0.2) is 69.6 Å². The van der Waals surface area contributed by atoms with Crippen LogP contribution in [0.2, 0.25) is 0 Å². The molecule has 0 spiro atoms. The molecule has 1 fully saturated rings. The van der Waals surface area contributed by atoms with Crippen molar-refractivity contribution in [3.63, 3.8) is 0 Å². The monoisotopic (exact) mass is 1350 g/mol. The highest BCUT2D eigenvalue weighted by molar-refractivity contribution is 7.81. The molecule has 0 unspecified atom stereocenters. The Morgan fingerprint density at radius 1 is 0.596 bits per heavy atom. The van der Waals surface area contributed by atoms with Gasteiger partial charge in [0.15, 0.2) is 17.9 Å². The molecule has 3 rings (SSSR count). The number of primary amides is 1. The second kappa shape index (κ2) is 40.1. The molecule has 11 amide bonds. The zero-order valence-corrected chi connectivity index (χ0v) is 55.2. The summed E-state index contributed by atoms with van der Waals surface area (Å²) in [5.74, 6) is -10.4. The number of nitrogens with one attached hydrogen (secondary N) is 9. The van der Waals surface area contributed by atoms with Gasteiger partial charge in [-0.3, -0.25) is 67.7 Å². The second-order valence-electron chi connectivity index (χ2n) is 23.1. The number of thiol groups is 2. The van der Waals surface area contributed by atoms with E-state index in [-0.39, 0.29) is 113 Å². The van der Waals surface area contributed by atoms with Crippen molar-refractivity contribution in [2.45, 2.75) is 157 Å². The lowest BCUT2D eigenvalue weighted by Gasteiger charge is -2.33. The lowest BCUT2D eigenvalue weighted by Crippen LogP contribution is -2.61. The lowest BCUT2D eigenvalue weighted by molar-refractivity contribution is -0.143. The van der Waals surface area contributed by atoms with E-state index in [0.29, 0.717) is 24.0 Å². The van der Waals surface area contributed by atoms with E-state index >= 15 is 0 Å². The molecule has 26 N–H and O–H groups in total. The maximum absolute atomic E-state index is 14.7. The minimum atomic E-state index is -1.47. The summed E-state index contributed by atoms with van der Waals surface area (Å²) in [6.07, 6.45) is 0.995. The van der Waals surface area contributed by atoms with Gasteiger partial charge < -0.3 is 104 Å². The number of carbonyl (C=O) groups excluding carboxylic acids is 11. The van der Waals surface area contributed by atoms with Crippen LogP contribution < -0.4 is 93.7 Å². The number of carbonyl (C=O) groups is 11. The summed E-state index contributed by atoms with van der Waals surface area (Å²) in [6.45, 7) is 5.59. The van der Waals surface area contributed by atoms with E-state index in [2.05, 4.69) is 88.1 Å². The number of phenols is 1. The number of guanidine groups is 3. The Morgan fingerprint density at radius 3 is 1.59 bits per heavy atom. The SMILES string of the molecule is CC[C@H](C)[C@H](NC(=O)[C@H](CCCN=C(N)N)NC(=O)[C@H](CCCN=C(N)N)NC(=O)[C@@H](CS)NC(=O)[C@H](Cc1ccccc1)NC(=O)CNC(=O)CNC(=O)[C@@H](N)Cc1ccc(O)cc1)C(=O)N[C@@H](CCCN=C(N)N)C(=O)N1CCC[C@H]1C(=O)N[C@@H](C(N)=O)C(C)(C)S. The average Bonchev–Trinajstić information content (AvgIpc) is 1.59. The molecule has 0 radical (unpaired) electrons. The maximum Gasteiger partial charge on any atom is 0.245 e. The smallest absolute Gasteiger partial charge is 0.245 e. The Bertz CT molecular complexity index is 2980. The van der Waals surface area contributed by atoms with E-state index in [0.717, 1.165) is 0 Å². The van der Waals surface area contributed by atoms with Gasteiger partial charge in [0.2, 0.25) is 65.0 Å². The standard InChI is InChI=1S/C59H95N21O12S2/c1-5-32(2)45(54(91)76-39(17-11-25-70-58(66)67)55(92)80-26-12-18-42(80)53(90)79-46(47(61)84)59(3,4)94)78-50(87)38(16-10-24-69-57(64)65)74-49(86)37(15-9-23-68-56(62)63)75-52(89)41(31-93)77-51(88)40(28-33-13-7-6-8-14-33)73-44(83)30-71-43(82)29-72-48(85)36(60)27-34-19-21-35(81)22-20-34/h6-8,13-14,19-22,32,36-42,45-46,81,93-94H,5,9-12,15-18,23-31,60H2,1-4H3,(H2,61,84)(H,71,82)(H,72,85)(H,73,83)(H,74,86)(H,75,89)(H,76,91)(H,77,88)(H,78,87)(H,79,90)(H4,62,63,68)(H4,64,65,69)(H4,66,67,70)/t32-,36-,37-,38-,39-,40-,41+,42-,45-,46-/m0/s1. The molecule has 94 heavy (non-hydrogen) atoms. The number of phenolic OH excluding ortho intramolecular Hbond substituents is 1. The Balaban J connectivity index is 1.88. The van der Waals surface area contributed by atoms with Crippen LogP contribution in [0.4, 0.5) is 0 Å². The minimum Gasteiger partial charge on any atom is -0.508 e. The van der Waals surface area contributed by atoms with E-state index < -0.39 is 143 Å². The predicted octanol–water partition coefficient (Wildman–Crippen LogP) is -5.55. The highest BCUT2D eigenvalue weighted by atomic mass is 32.1. The lowest BCUT2D eigenvalue weighted by atomic mass is 9.96. The molecule has 0 bridgehead atoms. The van der Waals surface area contributed by atoms with E-state index in [4.69, 9.17) is 45.9 Å². The van der Waals surface area contributed by atoms with Gasteiger partial charge in [0.05, 0.1) is 19.1 Å². The number of hydrogen-bond acceptors (Lipinski definition) is 18. The topological polar surface area (TPSA) is 565 Å². The van der Waals surface area contributed by atoms with Crippen LogP contribution in [0.5, 0.6) is 5.75 Å². The van der Waals surface area contributed by atoms with E-state index in [1.54, 1.807) is 70.2 Å². The van der Waals surface area contributed by atoms with E-state index in [1.807, 2.05) is 0 Å². The zero-order valence-electron chi connectivity index (χ0n) is 53.4. The van der Waals surface area contributed by atoms with Gasteiger partial charge in [-0.05, 0) is 101 Å². The molecule has 1 aliphatic heterocycles. The molecule has 0 aromatic heterocycles. The Labute approximate surface area is 557 Å². The van der Waals surface area contributed by atoms with Crippen LogP contribution in [-0.2, 0) is 65.6 Å². The number of rotatable bonds is 40. The highest BCUT2D eigenvalue weighted by Crippen LogP contribution is 2.23. The molecule has 520 valence electrons. The number of nitrogens with two attached hydrogens (primary N) is 8. The second-order valence-corrected chi connectivity index (χ2v) is 24.6. The fourth-order valence-corrected chi connectivity index (χ4v) is 10.1. The van der Waals surface area contributed by atoms with Crippen molar-refractivity contribution >= 4 is 108 Å². The molecule has 10 atom stereocenters. The highest BCUT2D eigenvalue weighted by Gasteiger charge is 2.42. The molecule has 1 saturated heterocycles. The first-order valence-electron chi connectivity index (χ1n) is 30.7. The van der Waals surface area contributed by atoms with Gasteiger partial charge in [-0.25, -0.2) is 0 Å². The first kappa shape index (κ1) is 79.1. The van der Waals surface area contributed by atoms with Gasteiger partial charge in [0.1, 0.15) is 54.1 Å². The average molecular weight is 1350 g/mol. The van der Waals surface area contributed by atoms with Crippen molar-refractivity contribution < 1.29 is 57.8 Å². The summed E-state index contributed by atoms with van der Waals surface area (Å²) in [7, 11) is 0. The number of benzene rings is 2. The van der Waals surface area contributed by atoms with Crippen LogP contribution in [0.25, 0.3) is 0 Å². The first-order chi connectivity index (χ1) is 44.3. The number of likely N-dealkylation sites (tertiary alicyclic amines) is 1. The van der Waals surface area contributed by atoms with Crippen molar-refractivity contribution in [2.24, 2.45) is 66.8 Å². The summed E-state index contributed by atoms with van der Waals surface area (Å²) in [4.78, 5) is 165. The summed E-state index contributed by atoms with van der Waals surface area (Å²) in [6, 6.07) is 2.90. The van der Waals surface area contributed by atoms with Gasteiger partial charge in [0.25, 0.3) is 0 Å². The summed E-state index contributed by atoms with van der Waals surface area (Å²) in [5, 5.41) is 32.9. The molecular weight excluding hydrogens is 1260 g/mol. The van der Waals surface area contributed by atoms with Gasteiger partial charge >= 0.3 is 0 Å². The molecule has 0 aliphatic carbocycles. The number of aromatic hydroxyl groups is 1. The molecule has 2 aromatic carbocycles. The normalized spacial score (nSPS) is 15.6. The quantitative estimate of drug-likeness (QED) is 0.0128. The fourth-order valence-electron chi connectivity index (χ4n) is 9.69. The van der Waals surface area contributed by atoms with Crippen molar-refractivity contribution in [3.05, 3.63) is 65.7 Å². The zero-order chi connectivity index (χ0) is 70.2. The molecule has 0 saturated carbocycles. The number of nitrogens with zero attached hydrogens (tertiary/aromatic N) is 4. The van der Waals surface area contributed by atoms with Crippen LogP contribution in [0, 0.1) is 5.92 Å². The van der Waals surface area contributed by atoms with Crippen LogP contribution in [0.3, 0.4) is 0 Å². The number of aliphatic imine (C=N–C) groups is 3. The first-order valence-corrected chi connectivity index (χ1v) is 31.8. The third kappa shape index (κ3) is 28.4. The Kier molecular flexibility index (Phi) is 33.7. The Hall–Kier alpha value is -9.12. The van der Waals surface area contributed by atoms with Crippen LogP contribution in [-0.4, -0.2) is 197 Å². The third-order valence-electron chi connectivity index (χ3n) is 15.0. The Morgan fingerprint density at radius 2 is 1.07 bits per heavy atom. The van der Waals surface area contributed by atoms with Crippen molar-refractivity contribution in [3.8, 4) is 5.75 Å². The molecule has 1 aliphatic rings. The molecule has 33 nitrogen and oxygen atoms in total. The van der Waals surface area contributed by atoms with Gasteiger partial charge in [-0.15, -0.1) is 0 Å². The maximum atomic E-state index is 14.7. The molecule has 35 heteroatoms. The summed E-state index contributed by atoms with van der Waals surface area (Å²) >= 11 is 8.76. The predicted molar refractivity (Wildman–Crippen MR) is 360 cm³/mol. The van der Waals surface area contributed by atoms with Crippen molar-refractivity contribution in [1.82, 2.24) is 52.8 Å². The molecular formula is C59H95N21O12S2. The van der Waals surface area contributed by atoms with Crippen molar-refractivity contribution in [1.29, 1.82) is 0 Å². The molecule has 2 aromatic rings. The van der Waals surface area contributed by atoms with E-state index in [9.17, 15) is 57.8 Å². The molecule has 1 heterocycles. The summed E-state index contributed by atoms with van der Waals surface area (Å²) < 4.78 is -1.07. The van der Waals surface area contributed by atoms with E-state index in [1.165, 1.54) is 17.0 Å². The fraction of sp³-hybridized carbons (Fsp3) is 0.559. The number of amides is 11. The van der Waals surface area contributed by atoms with Gasteiger partial charge in [-0.1, -0.05) is 62.7 Å². The minimum absolute atomic E-state index is 0.00577. The van der Waals surface area contributed by atoms with Gasteiger partial charge in [-0.2, -0.15) is 25.3 Å². The van der Waals surface area contributed by atoms with Crippen LogP contribution >= 0.6 is 25.3 Å². The largest absolute Gasteiger partial charge is 0.508 e.